The van der Waals surface area contributed by atoms with E-state index in [1.54, 1.807) is 50.3 Å². The van der Waals surface area contributed by atoms with E-state index in [9.17, 15) is 19.5 Å². The zero-order valence-electron chi connectivity index (χ0n) is 22.3. The topological polar surface area (TPSA) is 117 Å². The van der Waals surface area contributed by atoms with Crippen LogP contribution in [0.5, 0.6) is 0 Å². The van der Waals surface area contributed by atoms with Crippen LogP contribution in [0.1, 0.15) is 41.6 Å². The Morgan fingerprint density at radius 2 is 1.85 bits per heavy atom. The number of carboxylic acids is 1. The third kappa shape index (κ3) is 4.89. The minimum Gasteiger partial charge on any atom is -0.545 e. The molecule has 0 unspecified atom stereocenters. The lowest BCUT2D eigenvalue weighted by atomic mass is 9.95. The highest BCUT2D eigenvalue weighted by atomic mass is 32.1. The molecule has 204 valence electrons. The quantitative estimate of drug-likeness (QED) is 0.321. The normalized spacial score (nSPS) is 15.0. The predicted molar refractivity (Wildman–Crippen MR) is 150 cm³/mol. The summed E-state index contributed by atoms with van der Waals surface area (Å²) in [7, 11) is 3.87. The molecule has 1 aliphatic heterocycles. The average Bonchev–Trinajstić information content (AvgIpc) is 3.52. The van der Waals surface area contributed by atoms with Crippen molar-refractivity contribution in [3.05, 3.63) is 109 Å². The molecular weight excluding hydrogens is 530 g/mol. The monoisotopic (exact) mass is 556 g/mol. The summed E-state index contributed by atoms with van der Waals surface area (Å²) < 4.78 is 13.1. The SMILES string of the molecule is CCOC(=O)C1=C(C)N=c2s/c(=C\c3ccc(-c4ccccc4C(=O)[O-])o3)c(=O)n2[C@@H]1c1ccc(N(C)C)cc1. The van der Waals surface area contributed by atoms with Crippen LogP contribution in [-0.4, -0.2) is 37.2 Å². The highest BCUT2D eigenvalue weighted by Crippen LogP contribution is 2.32. The van der Waals surface area contributed by atoms with Crippen LogP contribution >= 0.6 is 11.3 Å². The van der Waals surface area contributed by atoms with Crippen LogP contribution in [0.4, 0.5) is 5.69 Å². The number of ether oxygens (including phenoxy) is 1. The highest BCUT2D eigenvalue weighted by molar-refractivity contribution is 7.07. The van der Waals surface area contributed by atoms with E-state index in [0.29, 0.717) is 37.7 Å². The second kappa shape index (κ2) is 10.8. The number of hydrogen-bond donors (Lipinski definition) is 0. The first-order valence-corrected chi connectivity index (χ1v) is 13.4. The van der Waals surface area contributed by atoms with E-state index in [2.05, 4.69) is 4.99 Å². The van der Waals surface area contributed by atoms with E-state index in [1.165, 1.54) is 22.0 Å². The molecule has 10 heteroatoms. The summed E-state index contributed by atoms with van der Waals surface area (Å²) in [4.78, 5) is 45.4. The summed E-state index contributed by atoms with van der Waals surface area (Å²) in [5, 5.41) is 11.5. The van der Waals surface area contributed by atoms with Crippen molar-refractivity contribution in [1.29, 1.82) is 0 Å². The Morgan fingerprint density at radius 3 is 2.52 bits per heavy atom. The summed E-state index contributed by atoms with van der Waals surface area (Å²) in [6, 6.07) is 16.6. The Kier molecular flexibility index (Phi) is 7.27. The molecule has 0 N–H and O–H groups in total. The van der Waals surface area contributed by atoms with Gasteiger partial charge < -0.3 is 24.0 Å². The maximum absolute atomic E-state index is 13.8. The molecule has 4 aromatic rings. The fraction of sp³-hybridized carbons (Fsp3) is 0.200. The van der Waals surface area contributed by atoms with E-state index in [-0.39, 0.29) is 17.7 Å². The largest absolute Gasteiger partial charge is 0.545 e. The first kappa shape index (κ1) is 26.9. The molecule has 3 heterocycles. The van der Waals surface area contributed by atoms with Crippen molar-refractivity contribution >= 4 is 35.0 Å². The number of hydrogen-bond acceptors (Lipinski definition) is 9. The molecule has 9 nitrogen and oxygen atoms in total. The van der Waals surface area contributed by atoms with E-state index >= 15 is 0 Å². The number of thiazole rings is 1. The molecule has 1 aliphatic rings. The molecule has 0 radical (unpaired) electrons. The number of rotatable bonds is 7. The third-order valence-corrected chi connectivity index (χ3v) is 7.54. The van der Waals surface area contributed by atoms with Gasteiger partial charge in [-0.05, 0) is 43.7 Å². The van der Waals surface area contributed by atoms with Gasteiger partial charge in [0.15, 0.2) is 4.80 Å². The van der Waals surface area contributed by atoms with Gasteiger partial charge in [-0.1, -0.05) is 47.7 Å². The van der Waals surface area contributed by atoms with Crippen molar-refractivity contribution in [1.82, 2.24) is 4.57 Å². The van der Waals surface area contributed by atoms with Crippen molar-refractivity contribution in [2.45, 2.75) is 19.9 Å². The smallest absolute Gasteiger partial charge is 0.338 e. The molecule has 0 aliphatic carbocycles. The molecule has 0 spiro atoms. The van der Waals surface area contributed by atoms with Gasteiger partial charge in [0.1, 0.15) is 11.5 Å². The Bertz CT molecular complexity index is 1830. The maximum atomic E-state index is 13.8. The van der Waals surface area contributed by atoms with Gasteiger partial charge in [0, 0.05) is 37.0 Å². The molecule has 2 aromatic heterocycles. The van der Waals surface area contributed by atoms with Crippen LogP contribution in [0.25, 0.3) is 17.4 Å². The molecule has 0 bridgehead atoms. The maximum Gasteiger partial charge on any atom is 0.338 e. The van der Waals surface area contributed by atoms with Gasteiger partial charge in [0.25, 0.3) is 5.56 Å². The number of allylic oxidation sites excluding steroid dienone is 1. The van der Waals surface area contributed by atoms with Gasteiger partial charge in [-0.3, -0.25) is 9.36 Å². The van der Waals surface area contributed by atoms with E-state index in [0.717, 1.165) is 11.3 Å². The second-order valence-electron chi connectivity index (χ2n) is 9.32. The van der Waals surface area contributed by atoms with Crippen LogP contribution < -0.4 is 24.9 Å². The Hall–Kier alpha value is -4.70. The number of aromatic nitrogens is 1. The first-order chi connectivity index (χ1) is 19.2. The number of benzene rings is 2. The molecule has 1 atom stereocenters. The van der Waals surface area contributed by atoms with Crippen LogP contribution in [0.3, 0.4) is 0 Å². The van der Waals surface area contributed by atoms with Gasteiger partial charge in [-0.15, -0.1) is 0 Å². The molecule has 5 rings (SSSR count). The van der Waals surface area contributed by atoms with Crippen molar-refractivity contribution in [3.63, 3.8) is 0 Å². The number of nitrogens with zero attached hydrogens (tertiary/aromatic N) is 3. The lowest BCUT2D eigenvalue weighted by Gasteiger charge is -2.25. The number of carboxylic acid groups (broad SMARTS) is 1. The Balaban J connectivity index is 1.63. The lowest BCUT2D eigenvalue weighted by molar-refractivity contribution is -0.255. The number of fused-ring (bicyclic) bond motifs is 1. The third-order valence-electron chi connectivity index (χ3n) is 6.55. The van der Waals surface area contributed by atoms with Crippen LogP contribution in [0.15, 0.2) is 86.1 Å². The summed E-state index contributed by atoms with van der Waals surface area (Å²) in [6.07, 6.45) is 1.59. The highest BCUT2D eigenvalue weighted by Gasteiger charge is 2.33. The first-order valence-electron chi connectivity index (χ1n) is 12.6. The van der Waals surface area contributed by atoms with Crippen LogP contribution in [0, 0.1) is 0 Å². The summed E-state index contributed by atoms with van der Waals surface area (Å²) in [6.45, 7) is 3.65. The molecule has 2 aromatic carbocycles. The van der Waals surface area contributed by atoms with Crippen LogP contribution in [-0.2, 0) is 9.53 Å². The fourth-order valence-electron chi connectivity index (χ4n) is 4.64. The molecule has 0 saturated heterocycles. The summed E-state index contributed by atoms with van der Waals surface area (Å²) >= 11 is 1.18. The lowest BCUT2D eigenvalue weighted by Crippen LogP contribution is -2.39. The number of carbonyl (C=O) groups excluding carboxylic acids is 2. The zero-order valence-corrected chi connectivity index (χ0v) is 23.2. The van der Waals surface area contributed by atoms with E-state index in [4.69, 9.17) is 9.15 Å². The molecule has 0 fully saturated rings. The van der Waals surface area contributed by atoms with Gasteiger partial charge in [0.2, 0.25) is 0 Å². The zero-order chi connectivity index (χ0) is 28.6. The standard InChI is InChI=1S/C30H27N3O6S/c1-5-38-29(37)25-17(2)31-30-33(26(25)18-10-12-19(13-11-18)32(3)4)27(34)24(40-30)16-20-14-15-23(39-20)21-8-6-7-9-22(21)28(35)36/h6-16,26H,5H2,1-4H3,(H,35,36)/p-1/b24-16-/t26-/m1/s1. The van der Waals surface area contributed by atoms with Crippen molar-refractivity contribution in [2.75, 3.05) is 25.6 Å². The number of carbonyl (C=O) groups is 2. The average molecular weight is 557 g/mol. The Labute approximate surface area is 233 Å². The predicted octanol–water partition coefficient (Wildman–Crippen LogP) is 2.49. The van der Waals surface area contributed by atoms with Gasteiger partial charge in [-0.2, -0.15) is 0 Å². The number of furan rings is 1. The van der Waals surface area contributed by atoms with Gasteiger partial charge in [0.05, 0.1) is 34.4 Å². The van der Waals surface area contributed by atoms with E-state index < -0.39 is 18.0 Å². The van der Waals surface area contributed by atoms with E-state index in [1.807, 2.05) is 43.3 Å². The van der Waals surface area contributed by atoms with Gasteiger partial charge >= 0.3 is 5.97 Å². The minimum atomic E-state index is -1.31. The number of aromatic carboxylic acids is 1. The molecule has 0 amide bonds. The van der Waals surface area contributed by atoms with Crippen molar-refractivity contribution < 1.29 is 23.8 Å². The van der Waals surface area contributed by atoms with Gasteiger partial charge in [-0.25, -0.2) is 9.79 Å². The number of esters is 1. The van der Waals surface area contributed by atoms with Crippen molar-refractivity contribution in [3.8, 4) is 11.3 Å². The second-order valence-corrected chi connectivity index (χ2v) is 10.3. The van der Waals surface area contributed by atoms with Crippen LogP contribution in [0.2, 0.25) is 0 Å². The molecular formula is C30H26N3O6S-. The summed E-state index contributed by atoms with van der Waals surface area (Å²) in [5.74, 6) is -1.14. The summed E-state index contributed by atoms with van der Waals surface area (Å²) in [5.41, 5.74) is 2.54. The fourth-order valence-corrected chi connectivity index (χ4v) is 5.67. The number of anilines is 1. The van der Waals surface area contributed by atoms with Crippen molar-refractivity contribution in [2.24, 2.45) is 4.99 Å². The molecule has 40 heavy (non-hydrogen) atoms. The minimum absolute atomic E-state index is 0.00466. The Morgan fingerprint density at radius 1 is 1.12 bits per heavy atom. The molecule has 0 saturated carbocycles.